The molecule has 0 aromatic carbocycles. The van der Waals surface area contributed by atoms with Gasteiger partial charge in [0.15, 0.2) is 0 Å². The lowest BCUT2D eigenvalue weighted by molar-refractivity contribution is 0.445. The van der Waals surface area contributed by atoms with Crippen molar-refractivity contribution in [3.8, 4) is 0 Å². The van der Waals surface area contributed by atoms with Gasteiger partial charge in [0.25, 0.3) is 0 Å². The van der Waals surface area contributed by atoms with Crippen LogP contribution < -0.4 is 0 Å². The highest BCUT2D eigenvalue weighted by atomic mass is 32.2. The van der Waals surface area contributed by atoms with Crippen molar-refractivity contribution in [3.05, 3.63) is 0 Å². The highest BCUT2D eigenvalue weighted by Crippen LogP contribution is 2.26. The first-order valence-corrected chi connectivity index (χ1v) is 8.64. The first-order valence-electron chi connectivity index (χ1n) is 7.35. The van der Waals surface area contributed by atoms with Gasteiger partial charge in [-0.2, -0.15) is 11.8 Å². The molecular formula is C15H30S. The van der Waals surface area contributed by atoms with Gasteiger partial charge in [-0.15, -0.1) is 0 Å². The van der Waals surface area contributed by atoms with Crippen LogP contribution in [0.3, 0.4) is 0 Å². The van der Waals surface area contributed by atoms with E-state index < -0.39 is 0 Å². The Kier molecular flexibility index (Phi) is 8.46. The number of hydrogen-bond acceptors (Lipinski definition) is 1. The van der Waals surface area contributed by atoms with Crippen molar-refractivity contribution in [2.45, 2.75) is 82.8 Å². The summed E-state index contributed by atoms with van der Waals surface area (Å²) in [6.07, 6.45) is 18.5. The van der Waals surface area contributed by atoms with Crippen molar-refractivity contribution in [1.29, 1.82) is 0 Å². The Morgan fingerprint density at radius 3 is 1.81 bits per heavy atom. The summed E-state index contributed by atoms with van der Waals surface area (Å²) in [4.78, 5) is 0. The summed E-state index contributed by atoms with van der Waals surface area (Å²) in [7, 11) is 0. The Morgan fingerprint density at radius 1 is 0.750 bits per heavy atom. The summed E-state index contributed by atoms with van der Waals surface area (Å²) in [5.74, 6) is 0.957. The van der Waals surface area contributed by atoms with Gasteiger partial charge in [-0.1, -0.05) is 64.7 Å². The second-order valence-electron chi connectivity index (χ2n) is 5.60. The first-order chi connectivity index (χ1) is 7.83. The molecule has 1 rings (SSSR count). The zero-order valence-corrected chi connectivity index (χ0v) is 12.2. The molecule has 1 aliphatic rings. The zero-order chi connectivity index (χ0) is 11.6. The maximum absolute atomic E-state index is 2.46. The molecule has 1 heteroatoms. The van der Waals surface area contributed by atoms with Crippen molar-refractivity contribution >= 4 is 11.8 Å². The summed E-state index contributed by atoms with van der Waals surface area (Å²) in [6.45, 7) is 2.46. The molecule has 0 spiro atoms. The molecular weight excluding hydrogens is 212 g/mol. The average molecular weight is 242 g/mol. The van der Waals surface area contributed by atoms with Crippen molar-refractivity contribution in [1.82, 2.24) is 0 Å². The molecule has 0 aromatic heterocycles. The lowest BCUT2D eigenvalue weighted by atomic mass is 9.96. The van der Waals surface area contributed by atoms with Crippen LogP contribution in [0.5, 0.6) is 0 Å². The van der Waals surface area contributed by atoms with Crippen LogP contribution in [-0.4, -0.2) is 11.5 Å². The number of thioether (sulfide) groups is 1. The van der Waals surface area contributed by atoms with E-state index in [4.69, 9.17) is 0 Å². The largest absolute Gasteiger partial charge is 0.162 e. The zero-order valence-electron chi connectivity index (χ0n) is 11.3. The van der Waals surface area contributed by atoms with Gasteiger partial charge in [0, 0.05) is 5.25 Å². The van der Waals surface area contributed by atoms with Crippen LogP contribution in [0.4, 0.5) is 0 Å². The molecule has 0 amide bonds. The van der Waals surface area contributed by atoms with Crippen LogP contribution in [0, 0.1) is 5.92 Å². The standard InChI is InChI=1S/C15H30S/c1-14-11-9-7-5-3-4-6-8-10-12-15(13-14)16-2/h14-15H,3-13H2,1-2H3. The van der Waals surface area contributed by atoms with Gasteiger partial charge in [-0.25, -0.2) is 0 Å². The molecule has 2 unspecified atom stereocenters. The van der Waals surface area contributed by atoms with E-state index in [1.54, 1.807) is 0 Å². The summed E-state index contributed by atoms with van der Waals surface area (Å²) < 4.78 is 0. The molecule has 0 N–H and O–H groups in total. The molecule has 0 heterocycles. The fourth-order valence-electron chi connectivity index (χ4n) is 2.82. The fourth-order valence-corrected chi connectivity index (χ4v) is 3.75. The van der Waals surface area contributed by atoms with Crippen LogP contribution in [0.15, 0.2) is 0 Å². The summed E-state index contributed by atoms with van der Waals surface area (Å²) >= 11 is 2.11. The van der Waals surface area contributed by atoms with Crippen molar-refractivity contribution in [2.75, 3.05) is 6.26 Å². The van der Waals surface area contributed by atoms with Crippen LogP contribution in [0.25, 0.3) is 0 Å². The van der Waals surface area contributed by atoms with Gasteiger partial charge in [-0.05, 0) is 25.0 Å². The Morgan fingerprint density at radius 2 is 1.25 bits per heavy atom. The molecule has 1 fully saturated rings. The predicted octanol–water partition coefficient (Wildman–Crippen LogP) is 5.66. The van der Waals surface area contributed by atoms with E-state index in [1.807, 2.05) is 0 Å². The smallest absolute Gasteiger partial charge is 0.00468 e. The molecule has 96 valence electrons. The third-order valence-electron chi connectivity index (χ3n) is 3.97. The average Bonchev–Trinajstić information content (AvgIpc) is 2.30. The second kappa shape index (κ2) is 9.39. The molecule has 0 nitrogen and oxygen atoms in total. The first kappa shape index (κ1) is 14.4. The van der Waals surface area contributed by atoms with E-state index in [2.05, 4.69) is 24.9 Å². The third kappa shape index (κ3) is 6.83. The topological polar surface area (TPSA) is 0 Å². The van der Waals surface area contributed by atoms with E-state index in [-0.39, 0.29) is 0 Å². The number of rotatable bonds is 1. The molecule has 0 aromatic rings. The van der Waals surface area contributed by atoms with Gasteiger partial charge >= 0.3 is 0 Å². The van der Waals surface area contributed by atoms with Gasteiger partial charge < -0.3 is 0 Å². The van der Waals surface area contributed by atoms with E-state index in [0.29, 0.717) is 0 Å². The lowest BCUT2D eigenvalue weighted by Crippen LogP contribution is -2.08. The van der Waals surface area contributed by atoms with E-state index in [1.165, 1.54) is 70.6 Å². The maximum Gasteiger partial charge on any atom is 0.00468 e. The highest BCUT2D eigenvalue weighted by Gasteiger charge is 2.12. The monoisotopic (exact) mass is 242 g/mol. The van der Waals surface area contributed by atoms with Gasteiger partial charge in [0.2, 0.25) is 0 Å². The molecule has 0 bridgehead atoms. The molecule has 16 heavy (non-hydrogen) atoms. The highest BCUT2D eigenvalue weighted by molar-refractivity contribution is 7.99. The quantitative estimate of drug-likeness (QED) is 0.572. The van der Waals surface area contributed by atoms with Crippen LogP contribution in [0.1, 0.15) is 77.6 Å². The Hall–Kier alpha value is 0.350. The third-order valence-corrected chi connectivity index (χ3v) is 5.07. The van der Waals surface area contributed by atoms with E-state index >= 15 is 0 Å². The maximum atomic E-state index is 2.46. The van der Waals surface area contributed by atoms with E-state index in [9.17, 15) is 0 Å². The molecule has 0 aliphatic heterocycles. The number of hydrogen-bond donors (Lipinski definition) is 0. The second-order valence-corrected chi connectivity index (χ2v) is 6.74. The van der Waals surface area contributed by atoms with Gasteiger partial charge in [0.1, 0.15) is 0 Å². The van der Waals surface area contributed by atoms with E-state index in [0.717, 1.165) is 11.2 Å². The summed E-state index contributed by atoms with van der Waals surface area (Å²) in [5, 5.41) is 0.941. The summed E-state index contributed by atoms with van der Waals surface area (Å²) in [5.41, 5.74) is 0. The molecule has 2 atom stereocenters. The minimum atomic E-state index is 0.941. The van der Waals surface area contributed by atoms with Crippen LogP contribution in [-0.2, 0) is 0 Å². The minimum absolute atomic E-state index is 0.941. The Labute approximate surface area is 107 Å². The summed E-state index contributed by atoms with van der Waals surface area (Å²) in [6, 6.07) is 0. The molecule has 0 saturated heterocycles. The molecule has 1 aliphatic carbocycles. The molecule has 0 radical (unpaired) electrons. The Balaban J connectivity index is 2.29. The minimum Gasteiger partial charge on any atom is -0.162 e. The Bertz CT molecular complexity index is 156. The fraction of sp³-hybridized carbons (Fsp3) is 1.00. The SMILES string of the molecule is CSC1CCCCCCCCCCC(C)C1. The predicted molar refractivity (Wildman–Crippen MR) is 77.3 cm³/mol. The van der Waals surface area contributed by atoms with Crippen LogP contribution >= 0.6 is 11.8 Å². The van der Waals surface area contributed by atoms with Crippen molar-refractivity contribution in [3.63, 3.8) is 0 Å². The normalized spacial score (nSPS) is 31.1. The van der Waals surface area contributed by atoms with Gasteiger partial charge in [0.05, 0.1) is 0 Å². The van der Waals surface area contributed by atoms with Crippen molar-refractivity contribution < 1.29 is 0 Å². The van der Waals surface area contributed by atoms with Gasteiger partial charge in [-0.3, -0.25) is 0 Å². The lowest BCUT2D eigenvalue weighted by Gasteiger charge is -2.19. The molecule has 1 saturated carbocycles. The van der Waals surface area contributed by atoms with Crippen LogP contribution in [0.2, 0.25) is 0 Å². The van der Waals surface area contributed by atoms with Crippen molar-refractivity contribution in [2.24, 2.45) is 5.92 Å².